The normalized spacial score (nSPS) is 11.2. The molecule has 1 aromatic carbocycles. The summed E-state index contributed by atoms with van der Waals surface area (Å²) in [5.41, 5.74) is 4.60. The van der Waals surface area contributed by atoms with Gasteiger partial charge in [0.2, 0.25) is 0 Å². The lowest BCUT2D eigenvalue weighted by molar-refractivity contribution is 0.628. The first kappa shape index (κ1) is 17.4. The van der Waals surface area contributed by atoms with Gasteiger partial charge in [-0.25, -0.2) is 9.37 Å². The molecule has 0 radical (unpaired) electrons. The second kappa shape index (κ2) is 7.21. The topological polar surface area (TPSA) is 33.4 Å². The summed E-state index contributed by atoms with van der Waals surface area (Å²) in [5, 5.41) is 4.76. The zero-order chi connectivity index (χ0) is 18.0. The molecule has 2 heterocycles. The standard InChI is InChI=1S/C20H25FN4/c1-5-11-24(12-6-2)18-13-14(3)22-20-19(15(4)23-25(18)20)16-7-9-17(21)10-8-16/h7-10,13H,5-6,11-12H2,1-4H3. The van der Waals surface area contributed by atoms with Gasteiger partial charge in [0.15, 0.2) is 5.65 Å². The molecule has 0 bridgehead atoms. The second-order valence-electron chi connectivity index (χ2n) is 6.45. The molecule has 0 saturated carbocycles. The highest BCUT2D eigenvalue weighted by Gasteiger charge is 2.18. The number of halogens is 1. The van der Waals surface area contributed by atoms with Crippen LogP contribution in [0, 0.1) is 19.7 Å². The molecule has 0 saturated heterocycles. The van der Waals surface area contributed by atoms with Crippen molar-refractivity contribution in [3.8, 4) is 11.1 Å². The molecule has 0 spiro atoms. The Bertz CT molecular complexity index is 862. The summed E-state index contributed by atoms with van der Waals surface area (Å²) in [5.74, 6) is 0.836. The number of benzene rings is 1. The summed E-state index contributed by atoms with van der Waals surface area (Å²) >= 11 is 0. The molecule has 3 rings (SSSR count). The molecule has 0 N–H and O–H groups in total. The summed E-state index contributed by atoms with van der Waals surface area (Å²) in [7, 11) is 0. The van der Waals surface area contributed by atoms with Gasteiger partial charge in [0.05, 0.1) is 5.69 Å². The van der Waals surface area contributed by atoms with E-state index < -0.39 is 0 Å². The highest BCUT2D eigenvalue weighted by Crippen LogP contribution is 2.30. The van der Waals surface area contributed by atoms with Crippen molar-refractivity contribution in [1.29, 1.82) is 0 Å². The van der Waals surface area contributed by atoms with E-state index in [2.05, 4.69) is 24.8 Å². The van der Waals surface area contributed by atoms with Crippen molar-refractivity contribution in [3.05, 3.63) is 47.5 Å². The van der Waals surface area contributed by atoms with Crippen LogP contribution in [-0.4, -0.2) is 27.7 Å². The summed E-state index contributed by atoms with van der Waals surface area (Å²) < 4.78 is 15.2. The third kappa shape index (κ3) is 3.36. The van der Waals surface area contributed by atoms with E-state index in [9.17, 15) is 4.39 Å². The molecular formula is C20H25FN4. The Balaban J connectivity index is 2.21. The van der Waals surface area contributed by atoms with Crippen LogP contribution in [0.2, 0.25) is 0 Å². The molecular weight excluding hydrogens is 315 g/mol. The third-order valence-corrected chi connectivity index (χ3v) is 4.32. The fourth-order valence-electron chi connectivity index (χ4n) is 3.29. The van der Waals surface area contributed by atoms with Gasteiger partial charge in [0, 0.05) is 30.4 Å². The number of hydrogen-bond donors (Lipinski definition) is 0. The van der Waals surface area contributed by atoms with Gasteiger partial charge >= 0.3 is 0 Å². The lowest BCUT2D eigenvalue weighted by Gasteiger charge is -2.24. The Hall–Kier alpha value is -2.43. The van der Waals surface area contributed by atoms with E-state index in [1.54, 1.807) is 12.1 Å². The highest BCUT2D eigenvalue weighted by molar-refractivity contribution is 5.81. The average molecular weight is 340 g/mol. The first-order valence-corrected chi connectivity index (χ1v) is 8.93. The molecule has 25 heavy (non-hydrogen) atoms. The second-order valence-corrected chi connectivity index (χ2v) is 6.45. The van der Waals surface area contributed by atoms with Crippen LogP contribution in [-0.2, 0) is 0 Å². The predicted octanol–water partition coefficient (Wildman–Crippen LogP) is 4.78. The average Bonchev–Trinajstić information content (AvgIpc) is 2.91. The quantitative estimate of drug-likeness (QED) is 0.647. The van der Waals surface area contributed by atoms with E-state index in [0.29, 0.717) is 0 Å². The zero-order valence-corrected chi connectivity index (χ0v) is 15.4. The van der Waals surface area contributed by atoms with E-state index >= 15 is 0 Å². The van der Waals surface area contributed by atoms with E-state index in [1.807, 2.05) is 18.4 Å². The van der Waals surface area contributed by atoms with Crippen LogP contribution in [0.4, 0.5) is 10.2 Å². The fourth-order valence-corrected chi connectivity index (χ4v) is 3.29. The van der Waals surface area contributed by atoms with Crippen molar-refractivity contribution in [2.75, 3.05) is 18.0 Å². The molecule has 4 nitrogen and oxygen atoms in total. The Morgan fingerprint density at radius 1 is 1.04 bits per heavy atom. The Morgan fingerprint density at radius 3 is 2.28 bits per heavy atom. The summed E-state index contributed by atoms with van der Waals surface area (Å²) in [6.45, 7) is 10.3. The number of hydrogen-bond acceptors (Lipinski definition) is 3. The van der Waals surface area contributed by atoms with Crippen LogP contribution in [0.5, 0.6) is 0 Å². The largest absolute Gasteiger partial charge is 0.356 e. The number of aromatic nitrogens is 3. The molecule has 0 fully saturated rings. The number of fused-ring (bicyclic) bond motifs is 1. The fraction of sp³-hybridized carbons (Fsp3) is 0.400. The van der Waals surface area contributed by atoms with Crippen molar-refractivity contribution in [2.45, 2.75) is 40.5 Å². The lowest BCUT2D eigenvalue weighted by atomic mass is 10.1. The Labute approximate surface area is 148 Å². The van der Waals surface area contributed by atoms with Crippen molar-refractivity contribution < 1.29 is 4.39 Å². The number of nitrogens with zero attached hydrogens (tertiary/aromatic N) is 4. The van der Waals surface area contributed by atoms with Gasteiger partial charge < -0.3 is 4.90 Å². The minimum absolute atomic E-state index is 0.236. The van der Waals surface area contributed by atoms with Crippen molar-refractivity contribution >= 4 is 11.5 Å². The number of rotatable bonds is 6. The van der Waals surface area contributed by atoms with Gasteiger partial charge in [0.1, 0.15) is 11.6 Å². The lowest BCUT2D eigenvalue weighted by Crippen LogP contribution is -2.27. The molecule has 5 heteroatoms. The number of anilines is 1. The third-order valence-electron chi connectivity index (χ3n) is 4.32. The van der Waals surface area contributed by atoms with Crippen molar-refractivity contribution in [3.63, 3.8) is 0 Å². The number of aryl methyl sites for hydroxylation is 2. The first-order chi connectivity index (χ1) is 12.0. The SMILES string of the molecule is CCCN(CCC)c1cc(C)nc2c(-c3ccc(F)cc3)c(C)nn12. The Kier molecular flexibility index (Phi) is 5.02. The zero-order valence-electron chi connectivity index (χ0n) is 15.4. The minimum atomic E-state index is -0.236. The van der Waals surface area contributed by atoms with E-state index in [4.69, 9.17) is 10.1 Å². The molecule has 3 aromatic rings. The van der Waals surface area contributed by atoms with Crippen LogP contribution >= 0.6 is 0 Å². The molecule has 0 aliphatic carbocycles. The predicted molar refractivity (Wildman–Crippen MR) is 101 cm³/mol. The Morgan fingerprint density at radius 2 is 1.68 bits per heavy atom. The maximum Gasteiger partial charge on any atom is 0.165 e. The summed E-state index contributed by atoms with van der Waals surface area (Å²) in [6, 6.07) is 8.64. The first-order valence-electron chi connectivity index (χ1n) is 8.93. The van der Waals surface area contributed by atoms with Crippen molar-refractivity contribution in [1.82, 2.24) is 14.6 Å². The smallest absolute Gasteiger partial charge is 0.165 e. The monoisotopic (exact) mass is 340 g/mol. The molecule has 0 unspecified atom stereocenters. The molecule has 0 aliphatic rings. The van der Waals surface area contributed by atoms with Crippen LogP contribution in [0.15, 0.2) is 30.3 Å². The van der Waals surface area contributed by atoms with Gasteiger partial charge in [0.25, 0.3) is 0 Å². The van der Waals surface area contributed by atoms with Crippen LogP contribution in [0.3, 0.4) is 0 Å². The maximum absolute atomic E-state index is 13.3. The van der Waals surface area contributed by atoms with Crippen molar-refractivity contribution in [2.24, 2.45) is 0 Å². The van der Waals surface area contributed by atoms with Gasteiger partial charge in [-0.15, -0.1) is 0 Å². The van der Waals surface area contributed by atoms with Gasteiger partial charge in [-0.05, 0) is 44.4 Å². The van der Waals surface area contributed by atoms with E-state index in [0.717, 1.165) is 59.9 Å². The highest BCUT2D eigenvalue weighted by atomic mass is 19.1. The summed E-state index contributed by atoms with van der Waals surface area (Å²) in [4.78, 5) is 7.10. The van der Waals surface area contributed by atoms with Crippen LogP contribution < -0.4 is 4.90 Å². The molecule has 0 atom stereocenters. The van der Waals surface area contributed by atoms with E-state index in [1.165, 1.54) is 12.1 Å². The van der Waals surface area contributed by atoms with Crippen LogP contribution in [0.25, 0.3) is 16.8 Å². The molecule has 2 aromatic heterocycles. The molecule has 132 valence electrons. The van der Waals surface area contributed by atoms with E-state index in [-0.39, 0.29) is 5.82 Å². The van der Waals surface area contributed by atoms with Gasteiger partial charge in [-0.2, -0.15) is 9.61 Å². The van der Waals surface area contributed by atoms with Gasteiger partial charge in [-0.1, -0.05) is 26.0 Å². The maximum atomic E-state index is 13.3. The molecule has 0 aliphatic heterocycles. The van der Waals surface area contributed by atoms with Crippen LogP contribution in [0.1, 0.15) is 38.1 Å². The minimum Gasteiger partial charge on any atom is -0.356 e. The van der Waals surface area contributed by atoms with Gasteiger partial charge in [-0.3, -0.25) is 0 Å². The summed E-state index contributed by atoms with van der Waals surface area (Å²) in [6.07, 6.45) is 2.15. The molecule has 0 amide bonds.